The zero-order valence-electron chi connectivity index (χ0n) is 19.5. The van der Waals surface area contributed by atoms with E-state index in [4.69, 9.17) is 20.8 Å². The summed E-state index contributed by atoms with van der Waals surface area (Å²) in [5.41, 5.74) is 1.24. The van der Waals surface area contributed by atoms with Crippen LogP contribution < -0.4 is 4.74 Å². The number of unbranched alkanes of at least 4 members (excludes halogenated alkanes) is 2. The number of carbonyl (C=O) groups excluding carboxylic acids is 2. The lowest BCUT2D eigenvalue weighted by atomic mass is 9.94. The number of hydrogen-bond acceptors (Lipinski definition) is 5. The van der Waals surface area contributed by atoms with Crippen LogP contribution in [0.5, 0.6) is 5.75 Å². The summed E-state index contributed by atoms with van der Waals surface area (Å²) in [6.07, 6.45) is 2.71. The highest BCUT2D eigenvalue weighted by Gasteiger charge is 2.44. The standard InChI is InChI=1S/C27H28ClNO5/c1-4-5-6-13-29-24(17-7-10-20(11-8-17)33-16(2)3)23(26(31)27(29)32)25(30)22-15-18-14-19(28)9-12-21(18)34-22/h7-12,14-16,24,31H,4-6,13H2,1-3H3. The van der Waals surface area contributed by atoms with Crippen LogP contribution in [0.4, 0.5) is 0 Å². The van der Waals surface area contributed by atoms with Gasteiger partial charge in [-0.05, 0) is 62.2 Å². The first-order valence-electron chi connectivity index (χ1n) is 11.5. The molecule has 178 valence electrons. The average Bonchev–Trinajstić information content (AvgIpc) is 3.33. The Bertz CT molecular complexity index is 1240. The fourth-order valence-electron chi connectivity index (χ4n) is 4.25. The molecular weight excluding hydrogens is 454 g/mol. The highest BCUT2D eigenvalue weighted by atomic mass is 35.5. The minimum atomic E-state index is -0.721. The zero-order valence-corrected chi connectivity index (χ0v) is 20.3. The predicted molar refractivity (Wildman–Crippen MR) is 131 cm³/mol. The van der Waals surface area contributed by atoms with Crippen molar-refractivity contribution in [3.8, 4) is 5.75 Å². The topological polar surface area (TPSA) is 80.0 Å². The molecule has 2 heterocycles. The molecule has 0 saturated carbocycles. The molecule has 1 aromatic heterocycles. The van der Waals surface area contributed by atoms with Gasteiger partial charge in [0.15, 0.2) is 11.5 Å². The van der Waals surface area contributed by atoms with Crippen molar-refractivity contribution in [3.05, 3.63) is 76.2 Å². The van der Waals surface area contributed by atoms with Gasteiger partial charge in [-0.15, -0.1) is 0 Å². The van der Waals surface area contributed by atoms with E-state index in [1.54, 1.807) is 29.2 Å². The van der Waals surface area contributed by atoms with Crippen LogP contribution in [0, 0.1) is 0 Å². The molecule has 7 heteroatoms. The van der Waals surface area contributed by atoms with Gasteiger partial charge >= 0.3 is 0 Å². The van der Waals surface area contributed by atoms with Crippen molar-refractivity contribution in [1.82, 2.24) is 4.90 Å². The number of nitrogens with zero attached hydrogens (tertiary/aromatic N) is 1. The van der Waals surface area contributed by atoms with Gasteiger partial charge < -0.3 is 19.2 Å². The van der Waals surface area contributed by atoms with E-state index in [1.165, 1.54) is 0 Å². The van der Waals surface area contributed by atoms with Gasteiger partial charge in [0.25, 0.3) is 5.91 Å². The van der Waals surface area contributed by atoms with E-state index in [1.807, 2.05) is 38.1 Å². The third-order valence-corrected chi connectivity index (χ3v) is 6.06. The lowest BCUT2D eigenvalue weighted by Gasteiger charge is -2.27. The predicted octanol–water partition coefficient (Wildman–Crippen LogP) is 6.64. The molecule has 1 amide bonds. The van der Waals surface area contributed by atoms with Crippen molar-refractivity contribution in [3.63, 3.8) is 0 Å². The van der Waals surface area contributed by atoms with Gasteiger partial charge in [-0.3, -0.25) is 9.59 Å². The highest BCUT2D eigenvalue weighted by molar-refractivity contribution is 6.31. The van der Waals surface area contributed by atoms with Crippen molar-refractivity contribution >= 4 is 34.3 Å². The monoisotopic (exact) mass is 481 g/mol. The SMILES string of the molecule is CCCCCN1C(=O)C(O)=C(C(=O)c2cc3cc(Cl)ccc3o2)C1c1ccc(OC(C)C)cc1. The van der Waals surface area contributed by atoms with Crippen molar-refractivity contribution < 1.29 is 23.8 Å². The van der Waals surface area contributed by atoms with Crippen LogP contribution in [0.1, 0.15) is 62.2 Å². The number of benzene rings is 2. The van der Waals surface area contributed by atoms with Crippen LogP contribution in [0.3, 0.4) is 0 Å². The lowest BCUT2D eigenvalue weighted by molar-refractivity contribution is -0.129. The number of hydrogen-bond donors (Lipinski definition) is 1. The van der Waals surface area contributed by atoms with Crippen LogP contribution in [-0.4, -0.2) is 34.3 Å². The summed E-state index contributed by atoms with van der Waals surface area (Å²) in [6, 6.07) is 13.2. The third kappa shape index (κ3) is 4.68. The number of amides is 1. The van der Waals surface area contributed by atoms with E-state index in [0.717, 1.165) is 19.3 Å². The van der Waals surface area contributed by atoms with Gasteiger partial charge in [0, 0.05) is 17.0 Å². The quantitative estimate of drug-likeness (QED) is 0.273. The normalized spacial score (nSPS) is 16.2. The summed E-state index contributed by atoms with van der Waals surface area (Å²) in [5.74, 6) is -0.870. The Morgan fingerprint density at radius 3 is 2.56 bits per heavy atom. The van der Waals surface area contributed by atoms with Crippen LogP contribution >= 0.6 is 11.6 Å². The first kappa shape index (κ1) is 23.9. The summed E-state index contributed by atoms with van der Waals surface area (Å²) in [6.45, 7) is 6.39. The van der Waals surface area contributed by atoms with Crippen LogP contribution in [-0.2, 0) is 4.79 Å². The Balaban J connectivity index is 1.73. The maximum absolute atomic E-state index is 13.6. The van der Waals surface area contributed by atoms with E-state index in [-0.39, 0.29) is 17.4 Å². The number of furan rings is 1. The minimum Gasteiger partial charge on any atom is -0.503 e. The maximum Gasteiger partial charge on any atom is 0.290 e. The largest absolute Gasteiger partial charge is 0.503 e. The highest BCUT2D eigenvalue weighted by Crippen LogP contribution is 2.40. The Labute approximate surface area is 203 Å². The summed E-state index contributed by atoms with van der Waals surface area (Å²) < 4.78 is 11.5. The second-order valence-electron chi connectivity index (χ2n) is 8.73. The lowest BCUT2D eigenvalue weighted by Crippen LogP contribution is -2.32. The van der Waals surface area contributed by atoms with Gasteiger partial charge in [0.1, 0.15) is 11.3 Å². The average molecular weight is 482 g/mol. The molecule has 0 aliphatic carbocycles. The number of ketones is 1. The number of fused-ring (bicyclic) bond motifs is 1. The van der Waals surface area contributed by atoms with E-state index in [0.29, 0.717) is 33.8 Å². The van der Waals surface area contributed by atoms with E-state index >= 15 is 0 Å². The molecule has 1 N–H and O–H groups in total. The molecule has 2 aromatic carbocycles. The van der Waals surface area contributed by atoms with Crippen molar-refractivity contribution in [1.29, 1.82) is 0 Å². The van der Waals surface area contributed by atoms with Gasteiger partial charge in [0.2, 0.25) is 5.78 Å². The number of ether oxygens (including phenoxy) is 1. The van der Waals surface area contributed by atoms with E-state index in [9.17, 15) is 14.7 Å². The number of carbonyl (C=O) groups is 2. The Kier molecular flexibility index (Phi) is 6.98. The first-order valence-corrected chi connectivity index (χ1v) is 11.9. The molecule has 1 atom stereocenters. The van der Waals surface area contributed by atoms with Gasteiger partial charge in [-0.25, -0.2) is 0 Å². The van der Waals surface area contributed by atoms with E-state index < -0.39 is 23.5 Å². The van der Waals surface area contributed by atoms with Crippen molar-refractivity contribution in [2.45, 2.75) is 52.2 Å². The number of Topliss-reactive ketones (excluding diaryl/α,β-unsaturated/α-hetero) is 1. The minimum absolute atomic E-state index is 0.0178. The Morgan fingerprint density at radius 2 is 1.88 bits per heavy atom. The Morgan fingerprint density at radius 1 is 1.15 bits per heavy atom. The van der Waals surface area contributed by atoms with Gasteiger partial charge in [0.05, 0.1) is 17.7 Å². The molecule has 3 aromatic rings. The van der Waals surface area contributed by atoms with E-state index in [2.05, 4.69) is 6.92 Å². The second-order valence-corrected chi connectivity index (χ2v) is 9.16. The first-order chi connectivity index (χ1) is 16.3. The summed E-state index contributed by atoms with van der Waals surface area (Å²) >= 11 is 6.07. The molecule has 0 fully saturated rings. The second kappa shape index (κ2) is 9.94. The van der Waals surface area contributed by atoms with Crippen molar-refractivity contribution in [2.24, 2.45) is 0 Å². The molecule has 0 bridgehead atoms. The summed E-state index contributed by atoms with van der Waals surface area (Å²) in [7, 11) is 0. The number of aliphatic hydroxyl groups excluding tert-OH is 1. The molecule has 6 nitrogen and oxygen atoms in total. The molecule has 1 aliphatic rings. The third-order valence-electron chi connectivity index (χ3n) is 5.82. The molecule has 1 aliphatic heterocycles. The Hall–Kier alpha value is -3.25. The van der Waals surface area contributed by atoms with Gasteiger partial charge in [-0.1, -0.05) is 43.5 Å². The van der Waals surface area contributed by atoms with Gasteiger partial charge in [-0.2, -0.15) is 0 Å². The fourth-order valence-corrected chi connectivity index (χ4v) is 4.44. The summed E-state index contributed by atoms with van der Waals surface area (Å²) in [5, 5.41) is 12.0. The molecule has 0 saturated heterocycles. The maximum atomic E-state index is 13.6. The van der Waals surface area contributed by atoms with Crippen molar-refractivity contribution in [2.75, 3.05) is 6.54 Å². The number of aliphatic hydroxyl groups is 1. The van der Waals surface area contributed by atoms with Crippen LogP contribution in [0.15, 0.2) is 64.3 Å². The molecule has 1 unspecified atom stereocenters. The summed E-state index contributed by atoms with van der Waals surface area (Å²) in [4.78, 5) is 28.2. The molecular formula is C27H28ClNO5. The number of rotatable bonds is 9. The molecule has 0 spiro atoms. The van der Waals surface area contributed by atoms with Crippen LogP contribution in [0.25, 0.3) is 11.0 Å². The molecule has 4 rings (SSSR count). The fraction of sp³-hybridized carbons (Fsp3) is 0.333. The molecule has 34 heavy (non-hydrogen) atoms. The zero-order chi connectivity index (χ0) is 24.4. The number of halogens is 1. The smallest absolute Gasteiger partial charge is 0.290 e. The molecule has 0 radical (unpaired) electrons. The van der Waals surface area contributed by atoms with Crippen LogP contribution in [0.2, 0.25) is 5.02 Å².